The summed E-state index contributed by atoms with van der Waals surface area (Å²) in [6.45, 7) is 8.23. The molecule has 14 heavy (non-hydrogen) atoms. The van der Waals surface area contributed by atoms with E-state index >= 15 is 0 Å². The first-order valence-electron chi connectivity index (χ1n) is 4.87. The van der Waals surface area contributed by atoms with Gasteiger partial charge in [-0.25, -0.2) is 0 Å². The Hall–Kier alpha value is -0.900. The lowest BCUT2D eigenvalue weighted by atomic mass is 10.0. The summed E-state index contributed by atoms with van der Waals surface area (Å²) >= 11 is 0. The van der Waals surface area contributed by atoms with Crippen molar-refractivity contribution in [1.82, 2.24) is 15.0 Å². The fraction of sp³-hybridized carbons (Fsp3) is 0.800. The van der Waals surface area contributed by atoms with Gasteiger partial charge in [0.1, 0.15) is 0 Å². The molecule has 0 amide bonds. The van der Waals surface area contributed by atoms with Crippen molar-refractivity contribution in [2.24, 2.45) is 0 Å². The molecule has 0 unspecified atom stereocenters. The molecule has 0 saturated heterocycles. The summed E-state index contributed by atoms with van der Waals surface area (Å²) in [4.78, 5) is 6.44. The molecule has 1 heterocycles. The van der Waals surface area contributed by atoms with E-state index in [-0.39, 0.29) is 5.54 Å². The predicted octanol–water partition coefficient (Wildman–Crippen LogP) is 1.99. The maximum Gasteiger partial charge on any atom is 0.246 e. The standard InChI is InChI=1S/C10H19N3O/c1-7(2)8-11-9(14-12-8)10(3,4)13(5)6/h7H,1-6H3. The van der Waals surface area contributed by atoms with Gasteiger partial charge < -0.3 is 4.52 Å². The monoisotopic (exact) mass is 197 g/mol. The van der Waals surface area contributed by atoms with Crippen LogP contribution in [0.4, 0.5) is 0 Å². The zero-order valence-electron chi connectivity index (χ0n) is 9.83. The molecule has 0 bridgehead atoms. The van der Waals surface area contributed by atoms with Crippen LogP contribution >= 0.6 is 0 Å². The zero-order valence-corrected chi connectivity index (χ0v) is 9.83. The third-order valence-corrected chi connectivity index (χ3v) is 2.60. The number of hydrogen-bond donors (Lipinski definition) is 0. The predicted molar refractivity (Wildman–Crippen MR) is 55.1 cm³/mol. The van der Waals surface area contributed by atoms with E-state index in [0.717, 1.165) is 5.82 Å². The lowest BCUT2D eigenvalue weighted by Gasteiger charge is -2.28. The molecule has 0 aliphatic rings. The smallest absolute Gasteiger partial charge is 0.246 e. The van der Waals surface area contributed by atoms with Crippen molar-refractivity contribution < 1.29 is 4.52 Å². The third-order valence-electron chi connectivity index (χ3n) is 2.60. The maximum atomic E-state index is 5.25. The van der Waals surface area contributed by atoms with Crippen LogP contribution in [0.1, 0.15) is 45.3 Å². The zero-order chi connectivity index (χ0) is 10.9. The third kappa shape index (κ3) is 1.95. The van der Waals surface area contributed by atoms with Crippen molar-refractivity contribution in [3.05, 3.63) is 11.7 Å². The Kier molecular flexibility index (Phi) is 2.95. The second-order valence-electron chi connectivity index (χ2n) is 4.57. The van der Waals surface area contributed by atoms with Crippen molar-refractivity contribution in [2.75, 3.05) is 14.1 Å². The van der Waals surface area contributed by atoms with Gasteiger partial charge in [-0.2, -0.15) is 4.98 Å². The highest BCUT2D eigenvalue weighted by molar-refractivity contribution is 5.01. The van der Waals surface area contributed by atoms with Gasteiger partial charge in [-0.15, -0.1) is 0 Å². The van der Waals surface area contributed by atoms with E-state index in [1.165, 1.54) is 0 Å². The Morgan fingerprint density at radius 3 is 2.21 bits per heavy atom. The van der Waals surface area contributed by atoms with E-state index in [1.54, 1.807) is 0 Å². The molecule has 0 aliphatic carbocycles. The highest BCUT2D eigenvalue weighted by Crippen LogP contribution is 2.24. The van der Waals surface area contributed by atoms with Gasteiger partial charge in [-0.05, 0) is 27.9 Å². The minimum absolute atomic E-state index is 0.208. The molecule has 0 atom stereocenters. The molecule has 1 aromatic heterocycles. The van der Waals surface area contributed by atoms with E-state index in [2.05, 4.69) is 42.7 Å². The molecule has 4 nitrogen and oxygen atoms in total. The van der Waals surface area contributed by atoms with Gasteiger partial charge in [-0.1, -0.05) is 19.0 Å². The van der Waals surface area contributed by atoms with Crippen LogP contribution in [0, 0.1) is 0 Å². The van der Waals surface area contributed by atoms with Gasteiger partial charge in [0.2, 0.25) is 5.89 Å². The SMILES string of the molecule is CC(C)c1noc(C(C)(C)N(C)C)n1. The molecule has 0 fully saturated rings. The Morgan fingerprint density at radius 1 is 1.29 bits per heavy atom. The molecule has 0 saturated carbocycles. The van der Waals surface area contributed by atoms with Gasteiger partial charge in [0.25, 0.3) is 0 Å². The van der Waals surface area contributed by atoms with Crippen LogP contribution in [0.15, 0.2) is 4.52 Å². The largest absolute Gasteiger partial charge is 0.337 e. The first-order valence-corrected chi connectivity index (χ1v) is 4.87. The van der Waals surface area contributed by atoms with Crippen molar-refractivity contribution in [2.45, 2.75) is 39.2 Å². The van der Waals surface area contributed by atoms with Crippen molar-refractivity contribution in [3.8, 4) is 0 Å². The summed E-state index contributed by atoms with van der Waals surface area (Å²) in [6.07, 6.45) is 0. The van der Waals surface area contributed by atoms with E-state index in [1.807, 2.05) is 14.1 Å². The first kappa shape index (κ1) is 11.2. The molecule has 0 spiro atoms. The summed E-state index contributed by atoms with van der Waals surface area (Å²) in [6, 6.07) is 0. The molecule has 1 rings (SSSR count). The van der Waals surface area contributed by atoms with Gasteiger partial charge in [0.15, 0.2) is 5.82 Å². The summed E-state index contributed by atoms with van der Waals surface area (Å²) in [7, 11) is 4.00. The number of aromatic nitrogens is 2. The highest BCUT2D eigenvalue weighted by atomic mass is 16.5. The van der Waals surface area contributed by atoms with Crippen LogP contribution in [-0.2, 0) is 5.54 Å². The molecule has 1 aromatic rings. The molecular weight excluding hydrogens is 178 g/mol. The minimum Gasteiger partial charge on any atom is -0.337 e. The molecule has 0 aliphatic heterocycles. The average Bonchev–Trinajstić information content (AvgIpc) is 2.51. The van der Waals surface area contributed by atoms with Crippen LogP contribution in [0.2, 0.25) is 0 Å². The lowest BCUT2D eigenvalue weighted by molar-refractivity contribution is 0.143. The number of rotatable bonds is 3. The van der Waals surface area contributed by atoms with Crippen molar-refractivity contribution in [3.63, 3.8) is 0 Å². The van der Waals surface area contributed by atoms with Crippen molar-refractivity contribution in [1.29, 1.82) is 0 Å². The first-order chi connectivity index (χ1) is 6.35. The van der Waals surface area contributed by atoms with Gasteiger partial charge in [0, 0.05) is 5.92 Å². The number of hydrogen-bond acceptors (Lipinski definition) is 4. The molecular formula is C10H19N3O. The topological polar surface area (TPSA) is 42.2 Å². The van der Waals surface area contributed by atoms with Crippen LogP contribution in [-0.4, -0.2) is 29.1 Å². The summed E-state index contributed by atoms with van der Waals surface area (Å²) in [5, 5.41) is 3.95. The molecule has 0 aromatic carbocycles. The second-order valence-corrected chi connectivity index (χ2v) is 4.57. The van der Waals surface area contributed by atoms with Gasteiger partial charge >= 0.3 is 0 Å². The van der Waals surface area contributed by atoms with E-state index in [4.69, 9.17) is 4.52 Å². The fourth-order valence-electron chi connectivity index (χ4n) is 0.909. The van der Waals surface area contributed by atoms with Crippen molar-refractivity contribution >= 4 is 0 Å². The molecule has 80 valence electrons. The highest BCUT2D eigenvalue weighted by Gasteiger charge is 2.30. The van der Waals surface area contributed by atoms with E-state index < -0.39 is 0 Å². The maximum absolute atomic E-state index is 5.25. The van der Waals surface area contributed by atoms with Crippen LogP contribution in [0.25, 0.3) is 0 Å². The average molecular weight is 197 g/mol. The van der Waals surface area contributed by atoms with Crippen LogP contribution in [0.5, 0.6) is 0 Å². The summed E-state index contributed by atoms with van der Waals surface area (Å²) in [5.41, 5.74) is -0.208. The minimum atomic E-state index is -0.208. The van der Waals surface area contributed by atoms with Crippen LogP contribution in [0.3, 0.4) is 0 Å². The Morgan fingerprint density at radius 2 is 1.86 bits per heavy atom. The number of nitrogens with zero attached hydrogens (tertiary/aromatic N) is 3. The summed E-state index contributed by atoms with van der Waals surface area (Å²) < 4.78 is 5.25. The fourth-order valence-corrected chi connectivity index (χ4v) is 0.909. The Balaban J connectivity index is 2.97. The van der Waals surface area contributed by atoms with Gasteiger partial charge in [0.05, 0.1) is 5.54 Å². The quantitative estimate of drug-likeness (QED) is 0.743. The van der Waals surface area contributed by atoms with Crippen LogP contribution < -0.4 is 0 Å². The molecule has 4 heteroatoms. The Labute approximate surface area is 85.3 Å². The molecule has 0 N–H and O–H groups in total. The second kappa shape index (κ2) is 3.69. The molecule has 0 radical (unpaired) electrons. The summed E-state index contributed by atoms with van der Waals surface area (Å²) in [5.74, 6) is 1.76. The lowest BCUT2D eigenvalue weighted by Crippen LogP contribution is -2.35. The normalized spacial score (nSPS) is 12.9. The Bertz CT molecular complexity index is 302. The van der Waals surface area contributed by atoms with E-state index in [0.29, 0.717) is 11.8 Å². The van der Waals surface area contributed by atoms with E-state index in [9.17, 15) is 0 Å². The van der Waals surface area contributed by atoms with Gasteiger partial charge in [-0.3, -0.25) is 4.90 Å².